The Morgan fingerprint density at radius 2 is 1.38 bits per heavy atom. The minimum atomic E-state index is -1.39. The van der Waals surface area contributed by atoms with Crippen molar-refractivity contribution >= 4 is 23.7 Å². The summed E-state index contributed by atoms with van der Waals surface area (Å²) < 4.78 is 19.8. The smallest absolute Gasteiger partial charge is 0.303 e. The molecule has 1 aliphatic rings. The van der Waals surface area contributed by atoms with Crippen molar-refractivity contribution in [2.75, 3.05) is 7.11 Å². The number of rotatable bonds is 4. The number of hydrogen-bond donors (Lipinski definition) is 0. The first-order valence-electron chi connectivity index (χ1n) is 6.07. The van der Waals surface area contributed by atoms with E-state index in [-0.39, 0.29) is 5.76 Å². The number of carbonyl (C=O) groups excluding carboxylic acids is 4. The van der Waals surface area contributed by atoms with Gasteiger partial charge in [0.1, 0.15) is 5.76 Å². The van der Waals surface area contributed by atoms with Crippen LogP contribution in [0.4, 0.5) is 0 Å². The van der Waals surface area contributed by atoms with Crippen LogP contribution in [0.1, 0.15) is 20.8 Å². The van der Waals surface area contributed by atoms with Crippen LogP contribution in [0.2, 0.25) is 0 Å². The van der Waals surface area contributed by atoms with Crippen molar-refractivity contribution in [1.82, 2.24) is 0 Å². The van der Waals surface area contributed by atoms with E-state index in [1.165, 1.54) is 7.11 Å². The highest BCUT2D eigenvalue weighted by molar-refractivity contribution is 5.97. The molecule has 0 aromatic carbocycles. The lowest BCUT2D eigenvalue weighted by atomic mass is 9.95. The number of hydrogen-bond acceptors (Lipinski definition) is 8. The fourth-order valence-electron chi connectivity index (χ4n) is 1.89. The molecule has 8 nitrogen and oxygen atoms in total. The Kier molecular flexibility index (Phi) is 5.45. The van der Waals surface area contributed by atoms with E-state index >= 15 is 0 Å². The molecular formula is C13H16O8. The van der Waals surface area contributed by atoms with Gasteiger partial charge < -0.3 is 18.9 Å². The van der Waals surface area contributed by atoms with Gasteiger partial charge in [-0.25, -0.2) is 0 Å². The lowest BCUT2D eigenvalue weighted by Gasteiger charge is -2.34. The molecule has 3 atom stereocenters. The molecule has 0 aliphatic heterocycles. The summed E-state index contributed by atoms with van der Waals surface area (Å²) in [4.78, 5) is 45.4. The minimum absolute atomic E-state index is 0.00449. The highest BCUT2D eigenvalue weighted by Crippen LogP contribution is 2.26. The number of ketones is 1. The van der Waals surface area contributed by atoms with Crippen LogP contribution in [0.25, 0.3) is 0 Å². The Morgan fingerprint density at radius 1 is 0.905 bits per heavy atom. The largest absolute Gasteiger partial charge is 0.497 e. The van der Waals surface area contributed by atoms with E-state index in [2.05, 4.69) is 0 Å². The Morgan fingerprint density at radius 3 is 1.81 bits per heavy atom. The standard InChI is InChI=1S/C13H16O8/c1-6(14)19-11-9(17)5-10(18-4)12(20-7(2)15)13(11)21-8(3)16/h5,11-13H,1-4H3/t11-,12+,13+/m0/s1. The highest BCUT2D eigenvalue weighted by Gasteiger charge is 2.47. The average molecular weight is 300 g/mol. The molecule has 0 heterocycles. The second-order valence-corrected chi connectivity index (χ2v) is 4.29. The van der Waals surface area contributed by atoms with Crippen LogP contribution in [0.15, 0.2) is 11.8 Å². The maximum atomic E-state index is 12.0. The van der Waals surface area contributed by atoms with Gasteiger partial charge in [0.15, 0.2) is 12.2 Å². The zero-order valence-corrected chi connectivity index (χ0v) is 12.1. The van der Waals surface area contributed by atoms with Crippen molar-refractivity contribution in [3.8, 4) is 0 Å². The zero-order chi connectivity index (χ0) is 16.2. The fourth-order valence-corrected chi connectivity index (χ4v) is 1.89. The van der Waals surface area contributed by atoms with Crippen LogP contribution < -0.4 is 0 Å². The van der Waals surface area contributed by atoms with Gasteiger partial charge in [0, 0.05) is 26.8 Å². The van der Waals surface area contributed by atoms with Crippen molar-refractivity contribution in [3.05, 3.63) is 11.8 Å². The van der Waals surface area contributed by atoms with Crippen molar-refractivity contribution in [2.24, 2.45) is 0 Å². The molecule has 0 aromatic heterocycles. The topological polar surface area (TPSA) is 105 Å². The summed E-state index contributed by atoms with van der Waals surface area (Å²) in [5, 5.41) is 0. The second-order valence-electron chi connectivity index (χ2n) is 4.29. The third kappa shape index (κ3) is 4.30. The van der Waals surface area contributed by atoms with E-state index in [0.29, 0.717) is 0 Å². The molecule has 1 rings (SSSR count). The Bertz CT molecular complexity index is 492. The van der Waals surface area contributed by atoms with Crippen molar-refractivity contribution in [2.45, 2.75) is 39.1 Å². The Balaban J connectivity index is 3.21. The molecule has 8 heteroatoms. The summed E-state index contributed by atoms with van der Waals surface area (Å²) in [6, 6.07) is 0. The lowest BCUT2D eigenvalue weighted by Crippen LogP contribution is -2.52. The molecule has 0 N–H and O–H groups in total. The molecule has 1 aliphatic carbocycles. The molecule has 0 fully saturated rings. The molecule has 0 bridgehead atoms. The van der Waals surface area contributed by atoms with Gasteiger partial charge >= 0.3 is 17.9 Å². The monoisotopic (exact) mass is 300 g/mol. The predicted octanol–water partition coefficient (Wildman–Crippen LogP) is -0.106. The van der Waals surface area contributed by atoms with E-state index < -0.39 is 42.0 Å². The van der Waals surface area contributed by atoms with Gasteiger partial charge in [-0.05, 0) is 0 Å². The summed E-state index contributed by atoms with van der Waals surface area (Å²) >= 11 is 0. The van der Waals surface area contributed by atoms with Crippen LogP contribution in [-0.2, 0) is 38.1 Å². The molecule has 21 heavy (non-hydrogen) atoms. The Labute approximate surface area is 121 Å². The van der Waals surface area contributed by atoms with Crippen LogP contribution >= 0.6 is 0 Å². The summed E-state index contributed by atoms with van der Waals surface area (Å²) in [5.41, 5.74) is 0. The molecule has 116 valence electrons. The number of ether oxygens (including phenoxy) is 4. The second kappa shape index (κ2) is 6.87. The summed E-state index contributed by atoms with van der Waals surface area (Å²) in [6.07, 6.45) is -2.82. The van der Waals surface area contributed by atoms with Crippen molar-refractivity contribution in [3.63, 3.8) is 0 Å². The van der Waals surface area contributed by atoms with Crippen LogP contribution in [-0.4, -0.2) is 49.1 Å². The fraction of sp³-hybridized carbons (Fsp3) is 0.538. The Hall–Kier alpha value is -2.38. The van der Waals surface area contributed by atoms with Gasteiger partial charge in [0.05, 0.1) is 7.11 Å². The van der Waals surface area contributed by atoms with Crippen LogP contribution in [0.3, 0.4) is 0 Å². The van der Waals surface area contributed by atoms with E-state index in [0.717, 1.165) is 26.8 Å². The van der Waals surface area contributed by atoms with E-state index in [1.807, 2.05) is 0 Å². The number of esters is 3. The molecule has 0 saturated carbocycles. The first kappa shape index (κ1) is 16.7. The predicted molar refractivity (Wildman–Crippen MR) is 66.8 cm³/mol. The molecule has 0 spiro atoms. The van der Waals surface area contributed by atoms with Crippen LogP contribution in [0, 0.1) is 0 Å². The summed E-state index contributed by atoms with van der Waals surface area (Å²) in [7, 11) is 1.27. The maximum absolute atomic E-state index is 12.0. The minimum Gasteiger partial charge on any atom is -0.497 e. The summed E-state index contributed by atoms with van der Waals surface area (Å²) in [5.74, 6) is -2.75. The third-order valence-electron chi connectivity index (χ3n) is 2.57. The third-order valence-corrected chi connectivity index (χ3v) is 2.57. The van der Waals surface area contributed by atoms with Gasteiger partial charge in [-0.1, -0.05) is 0 Å². The van der Waals surface area contributed by atoms with Gasteiger partial charge in [-0.15, -0.1) is 0 Å². The zero-order valence-electron chi connectivity index (χ0n) is 12.1. The van der Waals surface area contributed by atoms with Gasteiger partial charge in [0.2, 0.25) is 11.9 Å². The first-order chi connectivity index (χ1) is 9.76. The summed E-state index contributed by atoms with van der Waals surface area (Å²) in [6.45, 7) is 3.37. The van der Waals surface area contributed by atoms with Crippen molar-refractivity contribution in [1.29, 1.82) is 0 Å². The van der Waals surface area contributed by atoms with E-state index in [4.69, 9.17) is 18.9 Å². The number of methoxy groups -OCH3 is 1. The molecule has 0 unspecified atom stereocenters. The molecule has 0 amide bonds. The van der Waals surface area contributed by atoms with Crippen molar-refractivity contribution < 1.29 is 38.1 Å². The van der Waals surface area contributed by atoms with E-state index in [9.17, 15) is 19.2 Å². The maximum Gasteiger partial charge on any atom is 0.303 e. The van der Waals surface area contributed by atoms with E-state index in [1.54, 1.807) is 0 Å². The molecule has 0 aromatic rings. The molecule has 0 saturated heterocycles. The lowest BCUT2D eigenvalue weighted by molar-refractivity contribution is -0.185. The average Bonchev–Trinajstić information content (AvgIpc) is 2.35. The quantitative estimate of drug-likeness (QED) is 0.523. The van der Waals surface area contributed by atoms with Gasteiger partial charge in [-0.2, -0.15) is 0 Å². The van der Waals surface area contributed by atoms with Gasteiger partial charge in [0.25, 0.3) is 0 Å². The normalized spacial score (nSPS) is 24.7. The molecular weight excluding hydrogens is 284 g/mol. The SMILES string of the molecule is COC1=CC(=O)[C@H](OC(C)=O)[C@@H](OC(C)=O)[C@@H]1OC(C)=O. The van der Waals surface area contributed by atoms with Crippen LogP contribution in [0.5, 0.6) is 0 Å². The first-order valence-corrected chi connectivity index (χ1v) is 6.07. The molecule has 0 radical (unpaired) electrons. The van der Waals surface area contributed by atoms with Gasteiger partial charge in [-0.3, -0.25) is 19.2 Å². The highest BCUT2D eigenvalue weighted by atomic mass is 16.6. The number of carbonyl (C=O) groups is 4.